The Hall–Kier alpha value is -1.26. The lowest BCUT2D eigenvalue weighted by Gasteiger charge is -2.17. The van der Waals surface area contributed by atoms with Crippen molar-refractivity contribution in [2.45, 2.75) is 45.4 Å². The molecule has 0 radical (unpaired) electrons. The van der Waals surface area contributed by atoms with E-state index in [2.05, 4.69) is 5.32 Å². The Morgan fingerprint density at radius 2 is 1.95 bits per heavy atom. The van der Waals surface area contributed by atoms with Crippen molar-refractivity contribution in [2.24, 2.45) is 17.8 Å². The van der Waals surface area contributed by atoms with Gasteiger partial charge in [0.1, 0.15) is 0 Å². The van der Waals surface area contributed by atoms with Gasteiger partial charge in [-0.1, -0.05) is 32.6 Å². The number of hydrogen-bond acceptors (Lipinski definition) is 2. The highest BCUT2D eigenvalue weighted by Gasteiger charge is 2.36. The fourth-order valence-corrected chi connectivity index (χ4v) is 3.45. The van der Waals surface area contributed by atoms with Crippen LogP contribution in [-0.4, -0.2) is 41.6 Å². The summed E-state index contributed by atoms with van der Waals surface area (Å²) in [4.78, 5) is 24.6. The van der Waals surface area contributed by atoms with Crippen molar-refractivity contribution in [2.75, 3.05) is 19.6 Å². The van der Waals surface area contributed by atoms with Crippen molar-refractivity contribution in [3.8, 4) is 0 Å². The molecule has 1 saturated carbocycles. The van der Waals surface area contributed by atoms with E-state index < -0.39 is 11.9 Å². The first kappa shape index (κ1) is 15.1. The standard InChI is InChI=1S/C15H26N2O3/c1-11-9-17(10-13(11)14(18)19)15(20)16-8-4-7-12-5-2-3-6-12/h11-13H,2-10H2,1H3,(H,16,20)(H,18,19)/t11-,13-/m1/s1. The van der Waals surface area contributed by atoms with Crippen molar-refractivity contribution in [1.29, 1.82) is 0 Å². The van der Waals surface area contributed by atoms with Crippen LogP contribution in [0.1, 0.15) is 45.4 Å². The number of carbonyl (C=O) groups excluding carboxylic acids is 1. The van der Waals surface area contributed by atoms with Gasteiger partial charge < -0.3 is 15.3 Å². The quantitative estimate of drug-likeness (QED) is 0.760. The number of carboxylic acid groups (broad SMARTS) is 1. The smallest absolute Gasteiger partial charge is 0.317 e. The van der Waals surface area contributed by atoms with Gasteiger partial charge in [0.2, 0.25) is 0 Å². The van der Waals surface area contributed by atoms with Crippen LogP contribution in [0.4, 0.5) is 4.79 Å². The van der Waals surface area contributed by atoms with E-state index in [0.29, 0.717) is 19.6 Å². The summed E-state index contributed by atoms with van der Waals surface area (Å²) < 4.78 is 0. The van der Waals surface area contributed by atoms with E-state index in [-0.39, 0.29) is 11.9 Å². The van der Waals surface area contributed by atoms with E-state index in [1.807, 2.05) is 6.92 Å². The molecule has 0 aromatic heterocycles. The zero-order valence-electron chi connectivity index (χ0n) is 12.3. The molecule has 2 fully saturated rings. The maximum atomic E-state index is 12.0. The van der Waals surface area contributed by atoms with E-state index in [9.17, 15) is 9.59 Å². The van der Waals surface area contributed by atoms with Crippen LogP contribution >= 0.6 is 0 Å². The van der Waals surface area contributed by atoms with Crippen LogP contribution in [0.3, 0.4) is 0 Å². The minimum absolute atomic E-state index is 0.0386. The van der Waals surface area contributed by atoms with E-state index in [0.717, 1.165) is 12.3 Å². The second-order valence-corrected chi connectivity index (χ2v) is 6.35. The number of aliphatic carboxylic acids is 1. The summed E-state index contributed by atoms with van der Waals surface area (Å²) >= 11 is 0. The molecule has 2 atom stereocenters. The van der Waals surface area contributed by atoms with Crippen molar-refractivity contribution in [3.63, 3.8) is 0 Å². The van der Waals surface area contributed by atoms with Crippen LogP contribution in [0.2, 0.25) is 0 Å². The summed E-state index contributed by atoms with van der Waals surface area (Å²) in [5.41, 5.74) is 0. The Bertz CT molecular complexity index is 353. The Morgan fingerprint density at radius 3 is 2.55 bits per heavy atom. The number of carboxylic acids is 1. The molecule has 2 N–H and O–H groups in total. The average molecular weight is 282 g/mol. The first-order valence-corrected chi connectivity index (χ1v) is 7.83. The molecular weight excluding hydrogens is 256 g/mol. The SMILES string of the molecule is C[C@@H]1CN(C(=O)NCCCC2CCCC2)C[C@H]1C(=O)O. The number of nitrogens with zero attached hydrogens (tertiary/aromatic N) is 1. The van der Waals surface area contributed by atoms with Crippen molar-refractivity contribution in [3.05, 3.63) is 0 Å². The molecule has 5 heteroatoms. The number of rotatable bonds is 5. The third-order valence-corrected chi connectivity index (χ3v) is 4.76. The molecule has 0 unspecified atom stereocenters. The van der Waals surface area contributed by atoms with Gasteiger partial charge in [-0.15, -0.1) is 0 Å². The summed E-state index contributed by atoms with van der Waals surface area (Å²) in [6.07, 6.45) is 7.64. The van der Waals surface area contributed by atoms with Gasteiger partial charge in [0.05, 0.1) is 5.92 Å². The lowest BCUT2D eigenvalue weighted by molar-refractivity contribution is -0.142. The molecule has 2 aliphatic rings. The topological polar surface area (TPSA) is 69.6 Å². The number of amides is 2. The van der Waals surface area contributed by atoms with Gasteiger partial charge in [0, 0.05) is 19.6 Å². The Labute approximate surface area is 120 Å². The molecular formula is C15H26N2O3. The predicted molar refractivity (Wildman–Crippen MR) is 76.5 cm³/mol. The molecule has 5 nitrogen and oxygen atoms in total. The molecule has 114 valence electrons. The van der Waals surface area contributed by atoms with Crippen LogP contribution < -0.4 is 5.32 Å². The summed E-state index contributed by atoms with van der Waals surface area (Å²) in [5.74, 6) is -0.319. The lowest BCUT2D eigenvalue weighted by Crippen LogP contribution is -2.39. The Morgan fingerprint density at radius 1 is 1.25 bits per heavy atom. The zero-order valence-corrected chi connectivity index (χ0v) is 12.3. The molecule has 2 amide bonds. The van der Waals surface area contributed by atoms with Crippen LogP contribution in [0.5, 0.6) is 0 Å². The van der Waals surface area contributed by atoms with Gasteiger partial charge in [0.25, 0.3) is 0 Å². The molecule has 1 heterocycles. The molecule has 1 aliphatic heterocycles. The minimum atomic E-state index is -0.797. The normalized spacial score (nSPS) is 26.9. The zero-order chi connectivity index (χ0) is 14.5. The van der Waals surface area contributed by atoms with Gasteiger partial charge in [-0.3, -0.25) is 4.79 Å². The molecule has 1 aliphatic carbocycles. The van der Waals surface area contributed by atoms with Gasteiger partial charge in [-0.2, -0.15) is 0 Å². The van der Waals surface area contributed by atoms with Gasteiger partial charge in [-0.25, -0.2) is 4.79 Å². The molecule has 0 aromatic carbocycles. The van der Waals surface area contributed by atoms with Crippen molar-refractivity contribution in [1.82, 2.24) is 10.2 Å². The predicted octanol–water partition coefficient (Wildman–Crippen LogP) is 2.32. The summed E-state index contributed by atoms with van der Waals surface area (Å²) in [5, 5.41) is 12.0. The highest BCUT2D eigenvalue weighted by atomic mass is 16.4. The first-order valence-electron chi connectivity index (χ1n) is 7.83. The second kappa shape index (κ2) is 6.95. The Kier molecular flexibility index (Phi) is 5.26. The number of likely N-dealkylation sites (tertiary alicyclic amines) is 1. The van der Waals surface area contributed by atoms with Crippen LogP contribution in [-0.2, 0) is 4.79 Å². The first-order chi connectivity index (χ1) is 9.58. The number of carbonyl (C=O) groups is 2. The van der Waals surface area contributed by atoms with Crippen LogP contribution in [0.15, 0.2) is 0 Å². The van der Waals surface area contributed by atoms with Crippen LogP contribution in [0, 0.1) is 17.8 Å². The maximum Gasteiger partial charge on any atom is 0.317 e. The number of nitrogens with one attached hydrogen (secondary N) is 1. The molecule has 0 aromatic rings. The highest BCUT2D eigenvalue weighted by molar-refractivity contribution is 5.77. The van der Waals surface area contributed by atoms with Gasteiger partial charge in [-0.05, 0) is 24.7 Å². The molecule has 20 heavy (non-hydrogen) atoms. The largest absolute Gasteiger partial charge is 0.481 e. The second-order valence-electron chi connectivity index (χ2n) is 6.35. The summed E-state index contributed by atoms with van der Waals surface area (Å²) in [7, 11) is 0. The van der Waals surface area contributed by atoms with E-state index in [1.54, 1.807) is 4.90 Å². The molecule has 0 spiro atoms. The van der Waals surface area contributed by atoms with E-state index in [4.69, 9.17) is 5.11 Å². The Balaban J connectivity index is 1.63. The molecule has 0 bridgehead atoms. The van der Waals surface area contributed by atoms with E-state index in [1.165, 1.54) is 32.1 Å². The van der Waals surface area contributed by atoms with Gasteiger partial charge in [0.15, 0.2) is 0 Å². The number of urea groups is 1. The summed E-state index contributed by atoms with van der Waals surface area (Å²) in [6.45, 7) is 3.49. The minimum Gasteiger partial charge on any atom is -0.481 e. The third kappa shape index (κ3) is 3.87. The van der Waals surface area contributed by atoms with E-state index >= 15 is 0 Å². The fourth-order valence-electron chi connectivity index (χ4n) is 3.45. The molecule has 2 rings (SSSR count). The lowest BCUT2D eigenvalue weighted by atomic mass is 9.99. The third-order valence-electron chi connectivity index (χ3n) is 4.76. The number of hydrogen-bond donors (Lipinski definition) is 2. The van der Waals surface area contributed by atoms with Crippen molar-refractivity contribution >= 4 is 12.0 Å². The monoisotopic (exact) mass is 282 g/mol. The highest BCUT2D eigenvalue weighted by Crippen LogP contribution is 2.28. The fraction of sp³-hybridized carbons (Fsp3) is 0.867. The van der Waals surface area contributed by atoms with Crippen molar-refractivity contribution < 1.29 is 14.7 Å². The van der Waals surface area contributed by atoms with Crippen LogP contribution in [0.25, 0.3) is 0 Å². The van der Waals surface area contributed by atoms with Gasteiger partial charge >= 0.3 is 12.0 Å². The maximum absolute atomic E-state index is 12.0. The average Bonchev–Trinajstić information content (AvgIpc) is 3.03. The molecule has 1 saturated heterocycles. The summed E-state index contributed by atoms with van der Waals surface area (Å²) in [6, 6.07) is -0.105.